The van der Waals surface area contributed by atoms with E-state index in [0.717, 1.165) is 12.8 Å². The van der Waals surface area contributed by atoms with E-state index in [1.807, 2.05) is 20.8 Å². The maximum Gasteiger partial charge on any atom is 0.323 e. The third kappa shape index (κ3) is 4.30. The number of rotatable bonds is 2. The summed E-state index contributed by atoms with van der Waals surface area (Å²) in [4.78, 5) is 11.9. The Bertz CT molecular complexity index is 260. The van der Waals surface area contributed by atoms with Gasteiger partial charge in [-0.3, -0.25) is 4.79 Å². The van der Waals surface area contributed by atoms with Crippen LogP contribution in [0.25, 0.3) is 0 Å². The van der Waals surface area contributed by atoms with Crippen LogP contribution >= 0.6 is 0 Å². The van der Waals surface area contributed by atoms with Gasteiger partial charge in [0.2, 0.25) is 0 Å². The van der Waals surface area contributed by atoms with Crippen molar-refractivity contribution in [2.24, 2.45) is 23.0 Å². The predicted molar refractivity (Wildman–Crippen MR) is 69.5 cm³/mol. The van der Waals surface area contributed by atoms with Crippen molar-refractivity contribution >= 4 is 5.97 Å². The molecule has 1 rings (SSSR count). The molecule has 0 aromatic heterocycles. The summed E-state index contributed by atoms with van der Waals surface area (Å²) in [5, 5.41) is 0. The van der Waals surface area contributed by atoms with Gasteiger partial charge in [0, 0.05) is 0 Å². The van der Waals surface area contributed by atoms with Gasteiger partial charge in [-0.2, -0.15) is 0 Å². The van der Waals surface area contributed by atoms with Gasteiger partial charge >= 0.3 is 5.97 Å². The standard InChI is InChI=1S/C14H27NO2/c1-9-6-10(2)8-11(7-9)17-13(16)12(15)14(3,4)5/h9-12H,6-8,15H2,1-5H3. The van der Waals surface area contributed by atoms with E-state index in [9.17, 15) is 4.79 Å². The molecule has 3 nitrogen and oxygen atoms in total. The monoisotopic (exact) mass is 241 g/mol. The number of esters is 1. The molecule has 0 heterocycles. The van der Waals surface area contributed by atoms with Gasteiger partial charge in [0.1, 0.15) is 12.1 Å². The average molecular weight is 241 g/mol. The van der Waals surface area contributed by atoms with Crippen molar-refractivity contribution in [2.75, 3.05) is 0 Å². The number of hydrogen-bond donors (Lipinski definition) is 1. The van der Waals surface area contributed by atoms with E-state index in [4.69, 9.17) is 10.5 Å². The quantitative estimate of drug-likeness (QED) is 0.756. The number of nitrogens with two attached hydrogens (primary N) is 1. The molecule has 1 saturated carbocycles. The number of carbonyl (C=O) groups is 1. The SMILES string of the molecule is CC1CC(C)CC(OC(=O)C(N)C(C)(C)C)C1. The van der Waals surface area contributed by atoms with Crippen LogP contribution in [0.2, 0.25) is 0 Å². The summed E-state index contributed by atoms with van der Waals surface area (Å²) in [7, 11) is 0. The van der Waals surface area contributed by atoms with E-state index >= 15 is 0 Å². The Hall–Kier alpha value is -0.570. The summed E-state index contributed by atoms with van der Waals surface area (Å²) < 4.78 is 5.56. The first-order valence-corrected chi connectivity index (χ1v) is 6.66. The highest BCUT2D eigenvalue weighted by molar-refractivity contribution is 5.76. The average Bonchev–Trinajstić information content (AvgIpc) is 2.13. The van der Waals surface area contributed by atoms with Crippen molar-refractivity contribution in [3.05, 3.63) is 0 Å². The maximum atomic E-state index is 11.9. The molecular weight excluding hydrogens is 214 g/mol. The zero-order valence-corrected chi connectivity index (χ0v) is 11.8. The van der Waals surface area contributed by atoms with Crippen LogP contribution in [-0.4, -0.2) is 18.1 Å². The molecule has 0 bridgehead atoms. The normalized spacial score (nSPS) is 32.0. The van der Waals surface area contributed by atoms with Gasteiger partial charge in [0.05, 0.1) is 0 Å². The molecule has 0 amide bonds. The van der Waals surface area contributed by atoms with Crippen LogP contribution in [0.3, 0.4) is 0 Å². The van der Waals surface area contributed by atoms with Crippen molar-refractivity contribution in [1.29, 1.82) is 0 Å². The van der Waals surface area contributed by atoms with Crippen molar-refractivity contribution in [1.82, 2.24) is 0 Å². The van der Waals surface area contributed by atoms with Gasteiger partial charge in [-0.25, -0.2) is 0 Å². The second kappa shape index (κ2) is 5.38. The topological polar surface area (TPSA) is 52.3 Å². The van der Waals surface area contributed by atoms with Crippen molar-refractivity contribution in [3.63, 3.8) is 0 Å². The van der Waals surface area contributed by atoms with Crippen LogP contribution in [0.5, 0.6) is 0 Å². The first-order chi connectivity index (χ1) is 7.70. The predicted octanol–water partition coefficient (Wildman–Crippen LogP) is 2.73. The smallest absolute Gasteiger partial charge is 0.323 e. The maximum absolute atomic E-state index is 11.9. The van der Waals surface area contributed by atoms with Crippen molar-refractivity contribution in [2.45, 2.75) is 66.0 Å². The van der Waals surface area contributed by atoms with Gasteiger partial charge in [-0.05, 0) is 36.5 Å². The third-order valence-electron chi connectivity index (χ3n) is 3.61. The third-order valence-corrected chi connectivity index (χ3v) is 3.61. The molecule has 17 heavy (non-hydrogen) atoms. The Morgan fingerprint density at radius 1 is 1.18 bits per heavy atom. The van der Waals surface area contributed by atoms with Gasteiger partial charge < -0.3 is 10.5 Å². The molecule has 3 atom stereocenters. The summed E-state index contributed by atoms with van der Waals surface area (Å²) in [5.41, 5.74) is 5.67. The van der Waals surface area contributed by atoms with Crippen LogP contribution in [-0.2, 0) is 9.53 Å². The second-order valence-corrected chi connectivity index (χ2v) is 6.82. The minimum Gasteiger partial charge on any atom is -0.461 e. The molecule has 0 aromatic carbocycles. The van der Waals surface area contributed by atoms with E-state index < -0.39 is 6.04 Å². The highest BCUT2D eigenvalue weighted by Gasteiger charge is 2.32. The number of hydrogen-bond acceptors (Lipinski definition) is 3. The molecule has 3 heteroatoms. The largest absolute Gasteiger partial charge is 0.461 e. The first kappa shape index (κ1) is 14.5. The molecule has 100 valence electrons. The molecule has 0 spiro atoms. The van der Waals surface area contributed by atoms with Crippen LogP contribution in [0, 0.1) is 17.3 Å². The fourth-order valence-corrected chi connectivity index (χ4v) is 2.56. The molecule has 3 unspecified atom stereocenters. The fourth-order valence-electron chi connectivity index (χ4n) is 2.56. The Kier molecular flexibility index (Phi) is 4.59. The lowest BCUT2D eigenvalue weighted by Crippen LogP contribution is -2.45. The van der Waals surface area contributed by atoms with E-state index in [1.54, 1.807) is 0 Å². The lowest BCUT2D eigenvalue weighted by Gasteiger charge is -2.33. The second-order valence-electron chi connectivity index (χ2n) is 6.82. The summed E-state index contributed by atoms with van der Waals surface area (Å²) in [6, 6.07) is -0.532. The van der Waals surface area contributed by atoms with Gasteiger partial charge in [0.25, 0.3) is 0 Å². The molecule has 1 fully saturated rings. The number of ether oxygens (including phenoxy) is 1. The highest BCUT2D eigenvalue weighted by Crippen LogP contribution is 2.31. The van der Waals surface area contributed by atoms with Crippen LogP contribution in [0.15, 0.2) is 0 Å². The highest BCUT2D eigenvalue weighted by atomic mass is 16.5. The van der Waals surface area contributed by atoms with E-state index in [2.05, 4.69) is 13.8 Å². The Balaban J connectivity index is 2.51. The molecule has 2 N–H and O–H groups in total. The summed E-state index contributed by atoms with van der Waals surface area (Å²) in [6.07, 6.45) is 3.26. The lowest BCUT2D eigenvalue weighted by atomic mass is 9.81. The van der Waals surface area contributed by atoms with Crippen LogP contribution < -0.4 is 5.73 Å². The van der Waals surface area contributed by atoms with Gasteiger partial charge in [-0.1, -0.05) is 34.6 Å². The molecule has 0 radical (unpaired) electrons. The lowest BCUT2D eigenvalue weighted by molar-refractivity contribution is -0.156. The Morgan fingerprint density at radius 3 is 2.06 bits per heavy atom. The summed E-state index contributed by atoms with van der Waals surface area (Å²) in [5.74, 6) is 1.04. The summed E-state index contributed by atoms with van der Waals surface area (Å²) in [6.45, 7) is 10.3. The van der Waals surface area contributed by atoms with Crippen LogP contribution in [0.4, 0.5) is 0 Å². The first-order valence-electron chi connectivity index (χ1n) is 6.66. The molecule has 0 aromatic rings. The zero-order valence-electron chi connectivity index (χ0n) is 11.8. The van der Waals surface area contributed by atoms with E-state index in [-0.39, 0.29) is 17.5 Å². The van der Waals surface area contributed by atoms with E-state index in [1.165, 1.54) is 6.42 Å². The molecular formula is C14H27NO2. The molecule has 1 aliphatic carbocycles. The zero-order chi connectivity index (χ0) is 13.2. The number of carbonyl (C=O) groups excluding carboxylic acids is 1. The summed E-state index contributed by atoms with van der Waals surface area (Å²) >= 11 is 0. The van der Waals surface area contributed by atoms with Gasteiger partial charge in [0.15, 0.2) is 0 Å². The van der Waals surface area contributed by atoms with Gasteiger partial charge in [-0.15, -0.1) is 0 Å². The Labute approximate surface area is 105 Å². The molecule has 1 aliphatic rings. The van der Waals surface area contributed by atoms with Crippen molar-refractivity contribution < 1.29 is 9.53 Å². The minimum absolute atomic E-state index is 0.0645. The van der Waals surface area contributed by atoms with Crippen molar-refractivity contribution in [3.8, 4) is 0 Å². The van der Waals surface area contributed by atoms with E-state index in [0.29, 0.717) is 11.8 Å². The molecule has 0 saturated heterocycles. The fraction of sp³-hybridized carbons (Fsp3) is 0.929. The minimum atomic E-state index is -0.532. The van der Waals surface area contributed by atoms with Crippen LogP contribution in [0.1, 0.15) is 53.9 Å². The molecule has 0 aliphatic heterocycles. The Morgan fingerprint density at radius 2 is 1.65 bits per heavy atom.